The summed E-state index contributed by atoms with van der Waals surface area (Å²) in [5, 5.41) is 44.4. The van der Waals surface area contributed by atoms with E-state index < -0.39 is 24.2 Å². The molecule has 4 fully saturated rings. The number of carbonyl (C=O) groups excluding carboxylic acids is 1. The van der Waals surface area contributed by atoms with Crippen molar-refractivity contribution in [3.05, 3.63) is 0 Å². The van der Waals surface area contributed by atoms with Crippen molar-refractivity contribution in [2.75, 3.05) is 0 Å². The van der Waals surface area contributed by atoms with Crippen LogP contribution in [-0.4, -0.2) is 56.7 Å². The summed E-state index contributed by atoms with van der Waals surface area (Å²) in [6.07, 6.45) is 5.69. The summed E-state index contributed by atoms with van der Waals surface area (Å²) in [4.78, 5) is 23.3. The van der Waals surface area contributed by atoms with Gasteiger partial charge < -0.3 is 25.7 Å². The van der Waals surface area contributed by atoms with Crippen LogP contribution in [-0.2, 0) is 9.59 Å². The third-order valence-corrected chi connectivity index (χ3v) is 11.1. The van der Waals surface area contributed by atoms with Crippen molar-refractivity contribution >= 4 is 11.9 Å². The molecule has 4 saturated carbocycles. The van der Waals surface area contributed by atoms with Crippen molar-refractivity contribution in [1.29, 1.82) is 0 Å². The average molecular weight is 480 g/mol. The number of hydrogen-bond acceptors (Lipinski definition) is 5. The number of carboxylic acids is 1. The quantitative estimate of drug-likeness (QED) is 0.399. The van der Waals surface area contributed by atoms with Crippen LogP contribution in [0, 0.1) is 46.3 Å². The Balaban J connectivity index is 1.46. The minimum atomic E-state index is -1.03. The topological polar surface area (TPSA) is 127 Å². The second-order valence-corrected chi connectivity index (χ2v) is 12.7. The first-order chi connectivity index (χ1) is 15.9. The second-order valence-electron chi connectivity index (χ2n) is 12.7. The largest absolute Gasteiger partial charge is 0.480 e. The number of amides is 1. The molecule has 0 radical (unpaired) electrons. The first kappa shape index (κ1) is 25.9. The molecule has 0 aromatic heterocycles. The van der Waals surface area contributed by atoms with Gasteiger partial charge in [0.2, 0.25) is 5.91 Å². The van der Waals surface area contributed by atoms with Gasteiger partial charge in [-0.15, -0.1) is 0 Å². The second kappa shape index (κ2) is 9.36. The Hall–Kier alpha value is -1.18. The molecule has 0 aliphatic heterocycles. The predicted molar refractivity (Wildman–Crippen MR) is 128 cm³/mol. The van der Waals surface area contributed by atoms with Crippen molar-refractivity contribution in [3.8, 4) is 0 Å². The maximum absolute atomic E-state index is 12.2. The number of aliphatic hydroxyl groups excluding tert-OH is 3. The van der Waals surface area contributed by atoms with Gasteiger partial charge in [-0.25, -0.2) is 0 Å². The summed E-state index contributed by atoms with van der Waals surface area (Å²) in [5.41, 5.74) is 0.0377. The fourth-order valence-corrected chi connectivity index (χ4v) is 9.15. The number of fused-ring (bicyclic) bond motifs is 5. The fraction of sp³-hybridized carbons (Fsp3) is 0.926. The van der Waals surface area contributed by atoms with Gasteiger partial charge in [0.15, 0.2) is 0 Å². The minimum absolute atomic E-state index is 0.0352. The summed E-state index contributed by atoms with van der Waals surface area (Å²) in [5.74, 6) is 0.312. The van der Waals surface area contributed by atoms with E-state index in [0.29, 0.717) is 36.5 Å². The van der Waals surface area contributed by atoms with Gasteiger partial charge >= 0.3 is 5.97 Å². The molecule has 4 unspecified atom stereocenters. The molecule has 0 aromatic rings. The van der Waals surface area contributed by atoms with Crippen LogP contribution in [0.2, 0.25) is 0 Å². The molecule has 0 heterocycles. The van der Waals surface area contributed by atoms with E-state index in [4.69, 9.17) is 5.11 Å². The van der Waals surface area contributed by atoms with Crippen molar-refractivity contribution in [3.63, 3.8) is 0 Å². The van der Waals surface area contributed by atoms with Crippen molar-refractivity contribution in [2.24, 2.45) is 46.3 Å². The summed E-state index contributed by atoms with van der Waals surface area (Å²) in [7, 11) is 0. The molecule has 0 bridgehead atoms. The standard InChI is InChI=1S/C27H45NO6/c1-14(5-8-21(30)28-15(2)25(33)34)17-6-7-18-22-19(10-12-26(17,18)3)27(4)11-9-16(29)13-20(27)23(31)24(22)32/h14-20,22-24,29,31-32H,5-13H2,1-4H3,(H,28,30)(H,33,34)/t14-,15-,16-,17-,18?,19?,20?,22?,23-,24+,26-,27-/m1/s1. The lowest BCUT2D eigenvalue weighted by Gasteiger charge is -2.63. The molecule has 5 N–H and O–H groups in total. The number of rotatable bonds is 6. The average Bonchev–Trinajstić information content (AvgIpc) is 3.13. The zero-order valence-electron chi connectivity index (χ0n) is 21.2. The third-order valence-electron chi connectivity index (χ3n) is 11.1. The Labute approximate surface area is 203 Å². The Morgan fingerprint density at radius 2 is 1.56 bits per heavy atom. The predicted octanol–water partition coefficient (Wildman–Crippen LogP) is 2.95. The van der Waals surface area contributed by atoms with E-state index in [1.807, 2.05) is 0 Å². The zero-order valence-corrected chi connectivity index (χ0v) is 21.2. The van der Waals surface area contributed by atoms with Gasteiger partial charge in [-0.2, -0.15) is 0 Å². The van der Waals surface area contributed by atoms with E-state index in [-0.39, 0.29) is 34.7 Å². The molecule has 34 heavy (non-hydrogen) atoms. The van der Waals surface area contributed by atoms with Gasteiger partial charge in [-0.1, -0.05) is 20.8 Å². The lowest BCUT2D eigenvalue weighted by molar-refractivity contribution is -0.223. The highest BCUT2D eigenvalue weighted by molar-refractivity contribution is 5.83. The van der Waals surface area contributed by atoms with Gasteiger partial charge in [0.05, 0.1) is 18.3 Å². The molecule has 12 atom stereocenters. The summed E-state index contributed by atoms with van der Waals surface area (Å²) < 4.78 is 0. The molecule has 4 aliphatic carbocycles. The van der Waals surface area contributed by atoms with E-state index >= 15 is 0 Å². The molecule has 7 heteroatoms. The first-order valence-electron chi connectivity index (χ1n) is 13.5. The van der Waals surface area contributed by atoms with E-state index in [2.05, 4.69) is 26.1 Å². The van der Waals surface area contributed by atoms with Crippen LogP contribution in [0.4, 0.5) is 0 Å². The Morgan fingerprint density at radius 3 is 2.24 bits per heavy atom. The summed E-state index contributed by atoms with van der Waals surface area (Å²) >= 11 is 0. The molecule has 0 spiro atoms. The van der Waals surface area contributed by atoms with Crippen molar-refractivity contribution < 1.29 is 30.0 Å². The fourth-order valence-electron chi connectivity index (χ4n) is 9.15. The molecular weight excluding hydrogens is 434 g/mol. The Bertz CT molecular complexity index is 789. The van der Waals surface area contributed by atoms with Crippen LogP contribution in [0.15, 0.2) is 0 Å². The van der Waals surface area contributed by atoms with Crippen LogP contribution in [0.25, 0.3) is 0 Å². The molecule has 4 aliphatic rings. The monoisotopic (exact) mass is 479 g/mol. The van der Waals surface area contributed by atoms with Crippen LogP contribution in [0.1, 0.15) is 85.5 Å². The maximum Gasteiger partial charge on any atom is 0.325 e. The van der Waals surface area contributed by atoms with Gasteiger partial charge in [-0.3, -0.25) is 9.59 Å². The van der Waals surface area contributed by atoms with Crippen LogP contribution in [0.5, 0.6) is 0 Å². The smallest absolute Gasteiger partial charge is 0.325 e. The summed E-state index contributed by atoms with van der Waals surface area (Å²) in [6.45, 7) is 8.36. The summed E-state index contributed by atoms with van der Waals surface area (Å²) in [6, 6.07) is -0.878. The molecule has 194 valence electrons. The van der Waals surface area contributed by atoms with Crippen LogP contribution in [0.3, 0.4) is 0 Å². The highest BCUT2D eigenvalue weighted by Gasteiger charge is 2.65. The minimum Gasteiger partial charge on any atom is -0.480 e. The lowest BCUT2D eigenvalue weighted by atomic mass is 9.43. The Kier molecular flexibility index (Phi) is 7.13. The van der Waals surface area contributed by atoms with Crippen molar-refractivity contribution in [2.45, 2.75) is 110 Å². The maximum atomic E-state index is 12.2. The molecule has 1 amide bonds. The normalized spacial score (nSPS) is 47.6. The van der Waals surface area contributed by atoms with Crippen LogP contribution < -0.4 is 5.32 Å². The molecule has 0 saturated heterocycles. The number of hydrogen-bond donors (Lipinski definition) is 5. The van der Waals surface area contributed by atoms with E-state index in [1.165, 1.54) is 6.92 Å². The molecule has 4 rings (SSSR count). The first-order valence-corrected chi connectivity index (χ1v) is 13.5. The van der Waals surface area contributed by atoms with Gasteiger partial charge in [0.1, 0.15) is 6.04 Å². The Morgan fingerprint density at radius 1 is 0.912 bits per heavy atom. The number of carbonyl (C=O) groups is 2. The molecule has 7 nitrogen and oxygen atoms in total. The van der Waals surface area contributed by atoms with Gasteiger partial charge in [-0.05, 0) is 105 Å². The third kappa shape index (κ3) is 4.20. The van der Waals surface area contributed by atoms with Crippen molar-refractivity contribution in [1.82, 2.24) is 5.32 Å². The lowest BCUT2D eigenvalue weighted by Crippen LogP contribution is -2.64. The molecule has 0 aromatic carbocycles. The van der Waals surface area contributed by atoms with Gasteiger partial charge in [0.25, 0.3) is 0 Å². The van der Waals surface area contributed by atoms with E-state index in [9.17, 15) is 24.9 Å². The van der Waals surface area contributed by atoms with Crippen LogP contribution >= 0.6 is 0 Å². The SMILES string of the molecule is C[C@H](CCC(=O)N[C@H](C)C(=O)O)[C@H]1CCC2C3C(CC[C@@]21C)[C@@]1(C)CC[C@@H](O)CC1[C@@H](O)[C@H]3O. The number of aliphatic hydroxyl groups is 3. The van der Waals surface area contributed by atoms with E-state index in [1.54, 1.807) is 0 Å². The van der Waals surface area contributed by atoms with E-state index in [0.717, 1.165) is 44.9 Å². The van der Waals surface area contributed by atoms with Gasteiger partial charge in [0, 0.05) is 6.42 Å². The highest BCUT2D eigenvalue weighted by atomic mass is 16.4. The zero-order chi connectivity index (χ0) is 25.0. The molecular formula is C27H45NO6. The number of carboxylic acid groups (broad SMARTS) is 1. The highest BCUT2D eigenvalue weighted by Crippen LogP contribution is 2.68. The number of aliphatic carboxylic acids is 1. The number of nitrogens with one attached hydrogen (secondary N) is 1.